The number of rotatable bonds is 6. The molecule has 3 aromatic rings. The van der Waals surface area contributed by atoms with E-state index < -0.39 is 0 Å². The Hall–Kier alpha value is -2.96. The van der Waals surface area contributed by atoms with Crippen LogP contribution in [0.3, 0.4) is 0 Å². The molecule has 0 bridgehead atoms. The summed E-state index contributed by atoms with van der Waals surface area (Å²) in [5.74, 6) is 1.01. The molecule has 31 heavy (non-hydrogen) atoms. The van der Waals surface area contributed by atoms with E-state index in [1.165, 1.54) is 0 Å². The van der Waals surface area contributed by atoms with Crippen molar-refractivity contribution in [2.45, 2.75) is 12.3 Å². The number of ether oxygens (including phenoxy) is 1. The number of halogens is 1. The number of hydrogen-bond donors (Lipinski definition) is 1. The fourth-order valence-corrected chi connectivity index (χ4v) is 4.69. The Balaban J connectivity index is 1.55. The maximum absolute atomic E-state index is 12.6. The van der Waals surface area contributed by atoms with Crippen LogP contribution in [0.5, 0.6) is 5.75 Å². The van der Waals surface area contributed by atoms with E-state index in [9.17, 15) is 9.59 Å². The predicted molar refractivity (Wildman–Crippen MR) is 126 cm³/mol. The molecule has 0 spiro atoms. The van der Waals surface area contributed by atoms with E-state index in [0.717, 1.165) is 17.0 Å². The van der Waals surface area contributed by atoms with Crippen LogP contribution in [0.1, 0.15) is 28.2 Å². The lowest BCUT2D eigenvalue weighted by atomic mass is 10.1. The number of benzene rings is 3. The second-order valence-electron chi connectivity index (χ2n) is 6.94. The number of thioether (sulfide) groups is 1. The van der Waals surface area contributed by atoms with Crippen LogP contribution in [-0.4, -0.2) is 24.2 Å². The number of amides is 2. The van der Waals surface area contributed by atoms with Gasteiger partial charge in [-0.25, -0.2) is 0 Å². The van der Waals surface area contributed by atoms with Crippen molar-refractivity contribution in [3.05, 3.63) is 88.9 Å². The van der Waals surface area contributed by atoms with Gasteiger partial charge in [-0.05, 0) is 73.2 Å². The molecule has 1 atom stereocenters. The normalized spacial score (nSPS) is 15.7. The summed E-state index contributed by atoms with van der Waals surface area (Å²) in [4.78, 5) is 27.0. The molecule has 1 heterocycles. The Bertz CT molecular complexity index is 1090. The average Bonchev–Trinajstić information content (AvgIpc) is 3.16. The molecule has 1 N–H and O–H groups in total. The number of nitrogens with one attached hydrogen (secondary N) is 1. The van der Waals surface area contributed by atoms with E-state index in [1.807, 2.05) is 55.5 Å². The molecule has 3 aromatic carbocycles. The summed E-state index contributed by atoms with van der Waals surface area (Å²) in [7, 11) is 0. The van der Waals surface area contributed by atoms with Crippen molar-refractivity contribution in [2.24, 2.45) is 0 Å². The topological polar surface area (TPSA) is 58.6 Å². The fourth-order valence-electron chi connectivity index (χ4n) is 3.39. The molecule has 1 saturated heterocycles. The maximum Gasteiger partial charge on any atom is 0.255 e. The van der Waals surface area contributed by atoms with Crippen LogP contribution in [0.4, 0.5) is 11.4 Å². The van der Waals surface area contributed by atoms with Gasteiger partial charge in [0.15, 0.2) is 0 Å². The van der Waals surface area contributed by atoms with Crippen LogP contribution in [0.15, 0.2) is 72.8 Å². The Morgan fingerprint density at radius 1 is 1.13 bits per heavy atom. The minimum absolute atomic E-state index is 0.0507. The van der Waals surface area contributed by atoms with Crippen LogP contribution in [-0.2, 0) is 4.79 Å². The molecule has 1 unspecified atom stereocenters. The zero-order valence-electron chi connectivity index (χ0n) is 16.9. The molecule has 1 fully saturated rings. The number of hydrogen-bond acceptors (Lipinski definition) is 4. The smallest absolute Gasteiger partial charge is 0.255 e. The van der Waals surface area contributed by atoms with E-state index in [4.69, 9.17) is 16.3 Å². The van der Waals surface area contributed by atoms with Crippen LogP contribution < -0.4 is 15.0 Å². The second kappa shape index (κ2) is 9.45. The van der Waals surface area contributed by atoms with Crippen LogP contribution in [0, 0.1) is 0 Å². The third-order valence-electron chi connectivity index (χ3n) is 4.83. The zero-order chi connectivity index (χ0) is 21.8. The van der Waals surface area contributed by atoms with Gasteiger partial charge >= 0.3 is 0 Å². The summed E-state index contributed by atoms with van der Waals surface area (Å²) < 4.78 is 5.50. The van der Waals surface area contributed by atoms with Crippen molar-refractivity contribution in [2.75, 3.05) is 22.6 Å². The van der Waals surface area contributed by atoms with Crippen LogP contribution in [0.25, 0.3) is 0 Å². The summed E-state index contributed by atoms with van der Waals surface area (Å²) >= 11 is 7.46. The minimum atomic E-state index is -0.215. The molecular formula is C24H21ClN2O3S. The SMILES string of the molecule is CCOc1ccc(N2C(=O)CSC2c2cccc(NC(=O)c3ccc(Cl)cc3)c2)cc1. The molecule has 5 nitrogen and oxygen atoms in total. The Kier molecular flexibility index (Phi) is 6.49. The Morgan fingerprint density at radius 2 is 1.87 bits per heavy atom. The minimum Gasteiger partial charge on any atom is -0.494 e. The molecule has 158 valence electrons. The van der Waals surface area contributed by atoms with Gasteiger partial charge in [0, 0.05) is 22.0 Å². The molecule has 4 rings (SSSR count). The van der Waals surface area contributed by atoms with Gasteiger partial charge in [0.2, 0.25) is 5.91 Å². The van der Waals surface area contributed by atoms with Gasteiger partial charge in [-0.3, -0.25) is 14.5 Å². The van der Waals surface area contributed by atoms with Gasteiger partial charge in [-0.1, -0.05) is 23.7 Å². The quantitative estimate of drug-likeness (QED) is 0.515. The average molecular weight is 453 g/mol. The third kappa shape index (κ3) is 4.86. The standard InChI is InChI=1S/C24H21ClN2O3S/c1-2-30-21-12-10-20(11-13-21)27-22(28)15-31-24(27)17-4-3-5-19(14-17)26-23(29)16-6-8-18(25)9-7-16/h3-14,24H,2,15H2,1H3,(H,26,29). The van der Waals surface area contributed by atoms with Gasteiger partial charge in [-0.2, -0.15) is 0 Å². The fraction of sp³-hybridized carbons (Fsp3) is 0.167. The Labute approximate surface area is 190 Å². The first-order valence-electron chi connectivity index (χ1n) is 9.88. The van der Waals surface area contributed by atoms with Crippen molar-refractivity contribution in [1.29, 1.82) is 0 Å². The van der Waals surface area contributed by atoms with Gasteiger partial charge in [0.25, 0.3) is 5.91 Å². The van der Waals surface area contributed by atoms with Gasteiger partial charge < -0.3 is 10.1 Å². The number of anilines is 2. The molecule has 0 aromatic heterocycles. The lowest BCUT2D eigenvalue weighted by Gasteiger charge is -2.25. The molecule has 2 amide bonds. The number of nitrogens with zero attached hydrogens (tertiary/aromatic N) is 1. The van der Waals surface area contributed by atoms with Crippen molar-refractivity contribution in [3.63, 3.8) is 0 Å². The second-order valence-corrected chi connectivity index (χ2v) is 8.45. The molecule has 0 aliphatic carbocycles. The molecule has 0 saturated carbocycles. The van der Waals surface area contributed by atoms with Crippen molar-refractivity contribution < 1.29 is 14.3 Å². The lowest BCUT2D eigenvalue weighted by molar-refractivity contribution is -0.115. The molecule has 1 aliphatic heterocycles. The van der Waals surface area contributed by atoms with E-state index in [2.05, 4.69) is 5.32 Å². The first-order chi connectivity index (χ1) is 15.0. The van der Waals surface area contributed by atoms with Crippen LogP contribution >= 0.6 is 23.4 Å². The molecule has 0 radical (unpaired) electrons. The first kappa shape index (κ1) is 21.3. The van der Waals surface area contributed by atoms with Crippen molar-refractivity contribution >= 4 is 46.6 Å². The van der Waals surface area contributed by atoms with E-state index in [1.54, 1.807) is 40.9 Å². The van der Waals surface area contributed by atoms with E-state index in [-0.39, 0.29) is 17.2 Å². The first-order valence-corrected chi connectivity index (χ1v) is 11.3. The lowest BCUT2D eigenvalue weighted by Crippen LogP contribution is -2.27. The summed E-state index contributed by atoms with van der Waals surface area (Å²) in [6, 6.07) is 21.9. The van der Waals surface area contributed by atoms with Crippen molar-refractivity contribution in [1.82, 2.24) is 0 Å². The third-order valence-corrected chi connectivity index (χ3v) is 6.29. The monoisotopic (exact) mass is 452 g/mol. The predicted octanol–water partition coefficient (Wildman–Crippen LogP) is 5.77. The van der Waals surface area contributed by atoms with Gasteiger partial charge in [0.1, 0.15) is 11.1 Å². The molecule has 1 aliphatic rings. The number of carbonyl (C=O) groups is 2. The maximum atomic E-state index is 12.6. The van der Waals surface area contributed by atoms with E-state index >= 15 is 0 Å². The molecular weight excluding hydrogens is 432 g/mol. The highest BCUT2D eigenvalue weighted by atomic mass is 35.5. The molecule has 7 heteroatoms. The highest BCUT2D eigenvalue weighted by Crippen LogP contribution is 2.42. The largest absolute Gasteiger partial charge is 0.494 e. The zero-order valence-corrected chi connectivity index (χ0v) is 18.5. The van der Waals surface area contributed by atoms with E-state index in [0.29, 0.717) is 28.6 Å². The Morgan fingerprint density at radius 3 is 2.58 bits per heavy atom. The number of carbonyl (C=O) groups excluding carboxylic acids is 2. The van der Waals surface area contributed by atoms with Gasteiger partial charge in [-0.15, -0.1) is 11.8 Å². The summed E-state index contributed by atoms with van der Waals surface area (Å²) in [5, 5.41) is 3.33. The highest BCUT2D eigenvalue weighted by molar-refractivity contribution is 8.00. The summed E-state index contributed by atoms with van der Waals surface area (Å²) in [6.07, 6.45) is 0. The van der Waals surface area contributed by atoms with Crippen LogP contribution in [0.2, 0.25) is 5.02 Å². The highest BCUT2D eigenvalue weighted by Gasteiger charge is 2.34. The summed E-state index contributed by atoms with van der Waals surface area (Å²) in [6.45, 7) is 2.53. The van der Waals surface area contributed by atoms with Crippen molar-refractivity contribution in [3.8, 4) is 5.75 Å². The summed E-state index contributed by atoms with van der Waals surface area (Å²) in [5.41, 5.74) is 2.96. The van der Waals surface area contributed by atoms with Gasteiger partial charge in [0.05, 0.1) is 12.4 Å².